The number of amides is 1. The molecule has 4 nitrogen and oxygen atoms in total. The van der Waals surface area contributed by atoms with E-state index in [2.05, 4.69) is 4.98 Å². The quantitative estimate of drug-likeness (QED) is 0.867. The molecule has 1 saturated heterocycles. The van der Waals surface area contributed by atoms with E-state index in [1.165, 1.54) is 11.3 Å². The highest BCUT2D eigenvalue weighted by Crippen LogP contribution is 2.33. The van der Waals surface area contributed by atoms with Gasteiger partial charge in [-0.15, -0.1) is 11.3 Å². The molecule has 1 aromatic carbocycles. The maximum absolute atomic E-state index is 12.7. The predicted molar refractivity (Wildman–Crippen MR) is 95.3 cm³/mol. The van der Waals surface area contributed by atoms with Gasteiger partial charge in [0.1, 0.15) is 10.7 Å². The highest BCUT2D eigenvalue weighted by Gasteiger charge is 2.29. The molecule has 0 unspecified atom stereocenters. The van der Waals surface area contributed by atoms with E-state index in [4.69, 9.17) is 28.9 Å². The number of nitrogens with two attached hydrogens (primary N) is 1. The molecule has 0 radical (unpaired) electrons. The van der Waals surface area contributed by atoms with E-state index in [1.807, 2.05) is 17.9 Å². The van der Waals surface area contributed by atoms with Crippen molar-refractivity contribution in [1.29, 1.82) is 0 Å². The van der Waals surface area contributed by atoms with E-state index < -0.39 is 0 Å². The third kappa shape index (κ3) is 3.53. The third-order valence-electron chi connectivity index (χ3n) is 4.06. The molecule has 0 saturated carbocycles. The number of likely N-dealkylation sites (tertiary alicyclic amines) is 1. The van der Waals surface area contributed by atoms with Gasteiger partial charge in [0.2, 0.25) is 0 Å². The van der Waals surface area contributed by atoms with E-state index >= 15 is 0 Å². The van der Waals surface area contributed by atoms with Crippen molar-refractivity contribution in [2.24, 2.45) is 5.73 Å². The summed E-state index contributed by atoms with van der Waals surface area (Å²) < 4.78 is 0. The first-order valence-electron chi connectivity index (χ1n) is 7.43. The van der Waals surface area contributed by atoms with Crippen LogP contribution in [0.5, 0.6) is 0 Å². The zero-order valence-electron chi connectivity index (χ0n) is 12.6. The molecule has 1 aliphatic heterocycles. The number of carbonyl (C=O) groups excluding carboxylic acids is 1. The van der Waals surface area contributed by atoms with Gasteiger partial charge in [0.15, 0.2) is 0 Å². The van der Waals surface area contributed by atoms with Crippen LogP contribution in [0.3, 0.4) is 0 Å². The van der Waals surface area contributed by atoms with Crippen LogP contribution in [0.1, 0.15) is 30.3 Å². The minimum absolute atomic E-state index is 0.0445. The number of hydrogen-bond acceptors (Lipinski definition) is 4. The first kappa shape index (κ1) is 16.7. The van der Waals surface area contributed by atoms with Gasteiger partial charge in [0.05, 0.1) is 5.02 Å². The van der Waals surface area contributed by atoms with E-state index in [0.717, 1.165) is 23.4 Å². The fraction of sp³-hybridized carbons (Fsp3) is 0.375. The zero-order valence-corrected chi connectivity index (χ0v) is 15.0. The second-order valence-electron chi connectivity index (χ2n) is 5.79. The molecule has 3 rings (SSSR count). The number of hydrogen-bond donors (Lipinski definition) is 1. The van der Waals surface area contributed by atoms with Gasteiger partial charge in [-0.1, -0.05) is 23.2 Å². The maximum Gasteiger partial charge on any atom is 0.273 e. The number of piperidine rings is 1. The number of thiazole rings is 1. The summed E-state index contributed by atoms with van der Waals surface area (Å²) in [6.45, 7) is 2.70. The van der Waals surface area contributed by atoms with E-state index in [-0.39, 0.29) is 18.0 Å². The van der Waals surface area contributed by atoms with E-state index in [9.17, 15) is 4.79 Å². The van der Waals surface area contributed by atoms with Crippen LogP contribution >= 0.6 is 34.5 Å². The topological polar surface area (TPSA) is 59.2 Å². The Hall–Kier alpha value is -1.14. The second kappa shape index (κ2) is 6.77. The van der Waals surface area contributed by atoms with Crippen LogP contribution in [0.2, 0.25) is 10.0 Å². The molecule has 1 fully saturated rings. The van der Waals surface area contributed by atoms with Crippen molar-refractivity contribution >= 4 is 40.4 Å². The molecule has 1 aromatic heterocycles. The van der Waals surface area contributed by atoms with Crippen molar-refractivity contribution < 1.29 is 4.79 Å². The molecule has 2 N–H and O–H groups in total. The molecule has 23 heavy (non-hydrogen) atoms. The van der Waals surface area contributed by atoms with Crippen LogP contribution in [0.4, 0.5) is 0 Å². The Kier molecular flexibility index (Phi) is 4.92. The van der Waals surface area contributed by atoms with Gasteiger partial charge in [-0.05, 0) is 38.0 Å². The first-order chi connectivity index (χ1) is 11.0. The fourth-order valence-corrected chi connectivity index (χ4v) is 4.20. The third-order valence-corrected chi connectivity index (χ3v) is 5.49. The summed E-state index contributed by atoms with van der Waals surface area (Å²) in [5.41, 5.74) is 7.20. The fourth-order valence-electron chi connectivity index (χ4n) is 2.82. The van der Waals surface area contributed by atoms with Gasteiger partial charge >= 0.3 is 0 Å². The van der Waals surface area contributed by atoms with Crippen molar-refractivity contribution in [2.75, 3.05) is 6.54 Å². The van der Waals surface area contributed by atoms with Crippen molar-refractivity contribution in [3.8, 4) is 10.6 Å². The Morgan fingerprint density at radius 2 is 2.22 bits per heavy atom. The summed E-state index contributed by atoms with van der Waals surface area (Å²) in [6.07, 6.45) is 1.65. The maximum atomic E-state index is 12.7. The number of nitrogens with zero attached hydrogens (tertiary/aromatic N) is 2. The average molecular weight is 370 g/mol. The number of halogens is 2. The molecule has 0 spiro atoms. The van der Waals surface area contributed by atoms with Gasteiger partial charge < -0.3 is 10.6 Å². The molecule has 2 heterocycles. The van der Waals surface area contributed by atoms with Crippen LogP contribution < -0.4 is 5.73 Å². The van der Waals surface area contributed by atoms with Crippen LogP contribution in [0, 0.1) is 0 Å². The molecule has 1 aliphatic rings. The van der Waals surface area contributed by atoms with Crippen LogP contribution in [0.25, 0.3) is 10.6 Å². The number of carbonyl (C=O) groups is 1. The zero-order chi connectivity index (χ0) is 16.6. The Balaban J connectivity index is 1.82. The van der Waals surface area contributed by atoms with Crippen LogP contribution in [0.15, 0.2) is 23.6 Å². The molecule has 122 valence electrons. The lowest BCUT2D eigenvalue weighted by atomic mass is 9.99. The van der Waals surface area contributed by atoms with Crippen LogP contribution in [-0.2, 0) is 0 Å². The standard InChI is InChI=1S/C16H17Cl2N3OS/c1-9-6-11(19)4-5-21(9)16(22)14-8-23-15(20-14)12-3-2-10(17)7-13(12)18/h2-3,7-9,11H,4-6,19H2,1H3/t9-,11+/m1/s1. The van der Waals surface area contributed by atoms with Crippen molar-refractivity contribution in [3.63, 3.8) is 0 Å². The molecule has 7 heteroatoms. The smallest absolute Gasteiger partial charge is 0.273 e. The van der Waals surface area contributed by atoms with Gasteiger partial charge in [0, 0.05) is 34.6 Å². The van der Waals surface area contributed by atoms with E-state index in [0.29, 0.717) is 22.3 Å². The molecular formula is C16H17Cl2N3OS. The molecule has 0 aliphatic carbocycles. The second-order valence-corrected chi connectivity index (χ2v) is 7.50. The Morgan fingerprint density at radius 3 is 2.91 bits per heavy atom. The van der Waals surface area contributed by atoms with Crippen molar-refractivity contribution in [2.45, 2.75) is 31.8 Å². The summed E-state index contributed by atoms with van der Waals surface area (Å²) >= 11 is 13.5. The average Bonchev–Trinajstić information content (AvgIpc) is 2.96. The predicted octanol–water partition coefficient (Wildman–Crippen LogP) is 4.07. The summed E-state index contributed by atoms with van der Waals surface area (Å²) in [4.78, 5) is 19.0. The summed E-state index contributed by atoms with van der Waals surface area (Å²) in [6, 6.07) is 5.57. The van der Waals surface area contributed by atoms with E-state index in [1.54, 1.807) is 17.5 Å². The lowest BCUT2D eigenvalue weighted by molar-refractivity contribution is 0.0614. The monoisotopic (exact) mass is 369 g/mol. The highest BCUT2D eigenvalue weighted by molar-refractivity contribution is 7.13. The first-order valence-corrected chi connectivity index (χ1v) is 9.06. The number of aromatic nitrogens is 1. The minimum Gasteiger partial charge on any atom is -0.334 e. The summed E-state index contributed by atoms with van der Waals surface area (Å²) in [5.74, 6) is -0.0445. The Bertz CT molecular complexity index is 734. The van der Waals surface area contributed by atoms with Gasteiger partial charge in [-0.2, -0.15) is 0 Å². The molecule has 2 aromatic rings. The summed E-state index contributed by atoms with van der Waals surface area (Å²) in [5, 5.41) is 3.61. The lowest BCUT2D eigenvalue weighted by Gasteiger charge is -2.35. The molecular weight excluding hydrogens is 353 g/mol. The summed E-state index contributed by atoms with van der Waals surface area (Å²) in [7, 11) is 0. The largest absolute Gasteiger partial charge is 0.334 e. The lowest BCUT2D eigenvalue weighted by Crippen LogP contribution is -2.48. The molecule has 2 atom stereocenters. The SMILES string of the molecule is C[C@@H]1C[C@@H](N)CCN1C(=O)c1csc(-c2ccc(Cl)cc2Cl)n1. The van der Waals surface area contributed by atoms with Crippen molar-refractivity contribution in [1.82, 2.24) is 9.88 Å². The number of rotatable bonds is 2. The minimum atomic E-state index is -0.0445. The van der Waals surface area contributed by atoms with Gasteiger partial charge in [0.25, 0.3) is 5.91 Å². The molecule has 1 amide bonds. The van der Waals surface area contributed by atoms with Crippen molar-refractivity contribution in [3.05, 3.63) is 39.3 Å². The highest BCUT2D eigenvalue weighted by atomic mass is 35.5. The van der Waals surface area contributed by atoms with Gasteiger partial charge in [-0.3, -0.25) is 4.79 Å². The Labute approximate surface area is 149 Å². The van der Waals surface area contributed by atoms with Crippen LogP contribution in [-0.4, -0.2) is 34.4 Å². The normalized spacial score (nSPS) is 21.5. The number of benzene rings is 1. The van der Waals surface area contributed by atoms with Gasteiger partial charge in [-0.25, -0.2) is 4.98 Å². The molecule has 0 bridgehead atoms. The Morgan fingerprint density at radius 1 is 1.43 bits per heavy atom.